The molecular formula is C14H16N2OS. The predicted molar refractivity (Wildman–Crippen MR) is 77.2 cm³/mol. The summed E-state index contributed by atoms with van der Waals surface area (Å²) in [6.07, 6.45) is 0.863. The van der Waals surface area contributed by atoms with Gasteiger partial charge in [0.25, 0.3) is 5.91 Å². The molecule has 18 heavy (non-hydrogen) atoms. The Bertz CT molecular complexity index is 575. The van der Waals surface area contributed by atoms with Crippen LogP contribution in [0.2, 0.25) is 0 Å². The maximum Gasteiger partial charge on any atom is 0.266 e. The van der Waals surface area contributed by atoms with E-state index in [-0.39, 0.29) is 5.91 Å². The number of aryl methyl sites for hydroxylation is 1. The molecule has 2 aromatic rings. The van der Waals surface area contributed by atoms with Gasteiger partial charge in [0, 0.05) is 11.4 Å². The summed E-state index contributed by atoms with van der Waals surface area (Å²) in [5, 5.41) is 4.86. The molecule has 1 amide bonds. The van der Waals surface area contributed by atoms with Gasteiger partial charge in [-0.3, -0.25) is 4.79 Å². The molecule has 0 aliphatic rings. The van der Waals surface area contributed by atoms with Gasteiger partial charge < -0.3 is 11.1 Å². The van der Waals surface area contributed by atoms with E-state index in [9.17, 15) is 4.79 Å². The summed E-state index contributed by atoms with van der Waals surface area (Å²) in [7, 11) is 0. The SMILES string of the molecule is CCc1ccsc1C(=O)Nc1cccc(N)c1C. The van der Waals surface area contributed by atoms with Crippen molar-refractivity contribution < 1.29 is 4.79 Å². The zero-order chi connectivity index (χ0) is 13.1. The van der Waals surface area contributed by atoms with Crippen molar-refractivity contribution in [2.75, 3.05) is 11.1 Å². The molecule has 0 saturated carbocycles. The molecule has 0 fully saturated rings. The number of carbonyl (C=O) groups excluding carboxylic acids is 1. The molecule has 1 heterocycles. The first-order valence-electron chi connectivity index (χ1n) is 5.86. The summed E-state index contributed by atoms with van der Waals surface area (Å²) in [5.74, 6) is -0.0597. The molecule has 1 aromatic heterocycles. The molecule has 0 aliphatic carbocycles. The lowest BCUT2D eigenvalue weighted by Crippen LogP contribution is -2.13. The topological polar surface area (TPSA) is 55.1 Å². The summed E-state index contributed by atoms with van der Waals surface area (Å²) in [6.45, 7) is 3.95. The first kappa shape index (κ1) is 12.6. The number of nitrogens with two attached hydrogens (primary N) is 1. The lowest BCUT2D eigenvalue weighted by atomic mass is 10.1. The van der Waals surface area contributed by atoms with Crippen molar-refractivity contribution in [3.05, 3.63) is 45.6 Å². The number of rotatable bonds is 3. The highest BCUT2D eigenvalue weighted by Gasteiger charge is 2.13. The van der Waals surface area contributed by atoms with Gasteiger partial charge in [-0.1, -0.05) is 13.0 Å². The Kier molecular flexibility index (Phi) is 3.67. The van der Waals surface area contributed by atoms with Gasteiger partial charge in [0.05, 0.1) is 4.88 Å². The molecule has 0 aliphatic heterocycles. The van der Waals surface area contributed by atoms with Gasteiger partial charge in [-0.05, 0) is 48.1 Å². The first-order valence-corrected chi connectivity index (χ1v) is 6.74. The van der Waals surface area contributed by atoms with Crippen LogP contribution < -0.4 is 11.1 Å². The third-order valence-corrected chi connectivity index (χ3v) is 3.91. The van der Waals surface area contributed by atoms with Crippen LogP contribution in [0.1, 0.15) is 27.7 Å². The van der Waals surface area contributed by atoms with E-state index in [4.69, 9.17) is 5.73 Å². The second-order valence-corrected chi connectivity index (χ2v) is 5.02. The second kappa shape index (κ2) is 5.23. The number of hydrogen-bond donors (Lipinski definition) is 2. The molecule has 2 rings (SSSR count). The second-order valence-electron chi connectivity index (χ2n) is 4.10. The van der Waals surface area contributed by atoms with Crippen LogP contribution in [-0.2, 0) is 6.42 Å². The number of nitrogen functional groups attached to an aromatic ring is 1. The average molecular weight is 260 g/mol. The fourth-order valence-electron chi connectivity index (χ4n) is 1.78. The highest BCUT2D eigenvalue weighted by atomic mass is 32.1. The molecule has 0 unspecified atom stereocenters. The molecule has 3 nitrogen and oxygen atoms in total. The van der Waals surface area contributed by atoms with Gasteiger partial charge in [-0.15, -0.1) is 11.3 Å². The minimum Gasteiger partial charge on any atom is -0.398 e. The van der Waals surface area contributed by atoms with Crippen molar-refractivity contribution in [2.45, 2.75) is 20.3 Å². The van der Waals surface area contributed by atoms with Gasteiger partial charge in [0.1, 0.15) is 0 Å². The van der Waals surface area contributed by atoms with E-state index in [1.807, 2.05) is 43.5 Å². The van der Waals surface area contributed by atoms with Crippen LogP contribution in [0.5, 0.6) is 0 Å². The Hall–Kier alpha value is -1.81. The standard InChI is InChI=1S/C14H16N2OS/c1-3-10-7-8-18-13(10)14(17)16-12-6-4-5-11(15)9(12)2/h4-8H,3,15H2,1-2H3,(H,16,17). The fraction of sp³-hybridized carbons (Fsp3) is 0.214. The van der Waals surface area contributed by atoms with Crippen molar-refractivity contribution in [2.24, 2.45) is 0 Å². The van der Waals surface area contributed by atoms with E-state index >= 15 is 0 Å². The monoisotopic (exact) mass is 260 g/mol. The molecular weight excluding hydrogens is 244 g/mol. The Morgan fingerprint density at radius 3 is 2.89 bits per heavy atom. The Morgan fingerprint density at radius 1 is 1.39 bits per heavy atom. The van der Waals surface area contributed by atoms with Crippen LogP contribution in [0.4, 0.5) is 11.4 Å². The Labute approximate surface area is 111 Å². The third-order valence-electron chi connectivity index (χ3n) is 2.96. The third kappa shape index (κ3) is 2.38. The summed E-state index contributed by atoms with van der Waals surface area (Å²) in [6, 6.07) is 7.52. The van der Waals surface area contributed by atoms with Crippen molar-refractivity contribution in [1.82, 2.24) is 0 Å². The van der Waals surface area contributed by atoms with E-state index in [0.29, 0.717) is 5.69 Å². The van der Waals surface area contributed by atoms with Crippen LogP contribution >= 0.6 is 11.3 Å². The fourth-order valence-corrected chi connectivity index (χ4v) is 2.67. The number of amides is 1. The van der Waals surface area contributed by atoms with E-state index < -0.39 is 0 Å². The van der Waals surface area contributed by atoms with Crippen molar-refractivity contribution in [1.29, 1.82) is 0 Å². The quantitative estimate of drug-likeness (QED) is 0.830. The number of thiophene rings is 1. The molecule has 4 heteroatoms. The molecule has 0 bridgehead atoms. The van der Waals surface area contributed by atoms with E-state index in [0.717, 1.165) is 28.1 Å². The van der Waals surface area contributed by atoms with Gasteiger partial charge >= 0.3 is 0 Å². The van der Waals surface area contributed by atoms with Crippen LogP contribution in [-0.4, -0.2) is 5.91 Å². The molecule has 0 saturated heterocycles. The smallest absolute Gasteiger partial charge is 0.266 e. The maximum absolute atomic E-state index is 12.2. The zero-order valence-corrected chi connectivity index (χ0v) is 11.3. The van der Waals surface area contributed by atoms with E-state index in [1.165, 1.54) is 11.3 Å². The summed E-state index contributed by atoms with van der Waals surface area (Å²) in [4.78, 5) is 13.0. The minimum absolute atomic E-state index is 0.0597. The van der Waals surface area contributed by atoms with E-state index in [1.54, 1.807) is 0 Å². The summed E-state index contributed by atoms with van der Waals surface area (Å²) >= 11 is 1.47. The summed E-state index contributed by atoms with van der Waals surface area (Å²) < 4.78 is 0. The highest BCUT2D eigenvalue weighted by Crippen LogP contribution is 2.23. The predicted octanol–water partition coefficient (Wildman–Crippen LogP) is 3.45. The maximum atomic E-state index is 12.2. The van der Waals surface area contributed by atoms with Crippen LogP contribution in [0, 0.1) is 6.92 Å². The normalized spacial score (nSPS) is 10.3. The number of nitrogens with one attached hydrogen (secondary N) is 1. The number of carbonyl (C=O) groups is 1. The van der Waals surface area contributed by atoms with Gasteiger partial charge in [0.2, 0.25) is 0 Å². The highest BCUT2D eigenvalue weighted by molar-refractivity contribution is 7.12. The van der Waals surface area contributed by atoms with Crippen molar-refractivity contribution >= 4 is 28.6 Å². The first-order chi connectivity index (χ1) is 8.63. The van der Waals surface area contributed by atoms with Crippen LogP contribution in [0.15, 0.2) is 29.6 Å². The zero-order valence-electron chi connectivity index (χ0n) is 10.5. The lowest BCUT2D eigenvalue weighted by molar-refractivity contribution is 0.102. The minimum atomic E-state index is -0.0597. The largest absolute Gasteiger partial charge is 0.398 e. The van der Waals surface area contributed by atoms with E-state index in [2.05, 4.69) is 5.32 Å². The van der Waals surface area contributed by atoms with Gasteiger partial charge in [-0.2, -0.15) is 0 Å². The van der Waals surface area contributed by atoms with Gasteiger partial charge in [0.15, 0.2) is 0 Å². The molecule has 1 aromatic carbocycles. The average Bonchev–Trinajstić information content (AvgIpc) is 2.83. The lowest BCUT2D eigenvalue weighted by Gasteiger charge is -2.10. The van der Waals surface area contributed by atoms with Crippen LogP contribution in [0.3, 0.4) is 0 Å². The molecule has 0 atom stereocenters. The molecule has 94 valence electrons. The number of benzene rings is 1. The summed E-state index contributed by atoms with van der Waals surface area (Å²) in [5.41, 5.74) is 9.27. The number of anilines is 2. The van der Waals surface area contributed by atoms with Crippen molar-refractivity contribution in [3.8, 4) is 0 Å². The Balaban J connectivity index is 2.24. The molecule has 0 spiro atoms. The molecule has 0 radical (unpaired) electrons. The molecule has 3 N–H and O–H groups in total. The van der Waals surface area contributed by atoms with Gasteiger partial charge in [-0.25, -0.2) is 0 Å². The van der Waals surface area contributed by atoms with Crippen LogP contribution in [0.25, 0.3) is 0 Å². The Morgan fingerprint density at radius 2 is 2.17 bits per heavy atom. The number of hydrogen-bond acceptors (Lipinski definition) is 3. The van der Waals surface area contributed by atoms with Crippen molar-refractivity contribution in [3.63, 3.8) is 0 Å².